The van der Waals surface area contributed by atoms with Crippen LogP contribution in [0.4, 0.5) is 34.1 Å². The standard InChI is InChI=1S/C26H28N4O.C26H21N3O/c1-29-18-16-22(17-19-29)26(31)28-27-20-21-12-14-25(15-13-21)30(23-8-4-2-5-9-23)24-10-6-3-7-11-24;30-26(22-10-4-1-5-11-22)28-27-20-21-16-18-25(19-17-21)29(23-12-6-2-7-13-23)24-14-8-3-9-15-24/h2-15,20,22H,16-19H2,1H3,(H,28,31);1-20H,(H,28,30)/b2*27-20+. The van der Waals surface area contributed by atoms with Gasteiger partial charge in [-0.3, -0.25) is 9.59 Å². The van der Waals surface area contributed by atoms with Gasteiger partial charge in [-0.1, -0.05) is 115 Å². The molecule has 0 saturated carbocycles. The molecule has 8 rings (SSSR count). The van der Waals surface area contributed by atoms with Crippen LogP contribution >= 0.6 is 0 Å². The molecule has 1 fully saturated rings. The van der Waals surface area contributed by atoms with Crippen LogP contribution in [0.5, 0.6) is 0 Å². The predicted molar refractivity (Wildman–Crippen MR) is 250 cm³/mol. The van der Waals surface area contributed by atoms with Gasteiger partial charge in [-0.2, -0.15) is 10.2 Å². The van der Waals surface area contributed by atoms with Crippen molar-refractivity contribution in [2.75, 3.05) is 29.9 Å². The SMILES string of the molecule is CN1CCC(C(=O)N/N=C/c2ccc(N(c3ccccc3)c3ccccc3)cc2)CC1.O=C(N/N=C/c1ccc(N(c2ccccc2)c2ccccc2)cc1)c1ccccc1. The highest BCUT2D eigenvalue weighted by molar-refractivity contribution is 5.95. The van der Waals surface area contributed by atoms with Crippen LogP contribution in [0.3, 0.4) is 0 Å². The molecule has 7 aromatic carbocycles. The molecule has 1 saturated heterocycles. The van der Waals surface area contributed by atoms with Crippen molar-refractivity contribution in [2.45, 2.75) is 12.8 Å². The summed E-state index contributed by atoms with van der Waals surface area (Å²) in [5.41, 5.74) is 14.1. The number of hydrogen-bond donors (Lipinski definition) is 2. The number of amides is 2. The van der Waals surface area contributed by atoms with Gasteiger partial charge in [0.05, 0.1) is 12.4 Å². The van der Waals surface area contributed by atoms with Crippen molar-refractivity contribution < 1.29 is 9.59 Å². The average molecular weight is 804 g/mol. The number of para-hydroxylation sites is 4. The minimum Gasteiger partial charge on any atom is -0.311 e. The third-order valence-corrected chi connectivity index (χ3v) is 10.3. The Labute approximate surface area is 358 Å². The van der Waals surface area contributed by atoms with E-state index in [1.807, 2.05) is 127 Å². The van der Waals surface area contributed by atoms with Gasteiger partial charge in [0.2, 0.25) is 5.91 Å². The van der Waals surface area contributed by atoms with Crippen LogP contribution in [0.25, 0.3) is 0 Å². The lowest BCUT2D eigenvalue weighted by atomic mass is 9.97. The van der Waals surface area contributed by atoms with E-state index in [0.29, 0.717) is 5.56 Å². The quantitative estimate of drug-likeness (QED) is 0.0948. The second-order valence-corrected chi connectivity index (χ2v) is 14.6. The Hall–Kier alpha value is -7.62. The summed E-state index contributed by atoms with van der Waals surface area (Å²) in [4.78, 5) is 31.0. The van der Waals surface area contributed by atoms with Crippen molar-refractivity contribution in [3.8, 4) is 0 Å². The second kappa shape index (κ2) is 21.4. The summed E-state index contributed by atoms with van der Waals surface area (Å²) in [5.74, 6) is -0.163. The van der Waals surface area contributed by atoms with Crippen LogP contribution in [0.1, 0.15) is 34.3 Å². The number of benzene rings is 7. The Morgan fingerprint density at radius 1 is 0.475 bits per heavy atom. The van der Waals surface area contributed by atoms with E-state index < -0.39 is 0 Å². The monoisotopic (exact) mass is 803 g/mol. The molecule has 0 unspecified atom stereocenters. The fraction of sp³-hybridized carbons (Fsp3) is 0.115. The molecule has 2 amide bonds. The fourth-order valence-corrected chi connectivity index (χ4v) is 6.97. The molecule has 0 bridgehead atoms. The number of hydrogen-bond acceptors (Lipinski definition) is 7. The van der Waals surface area contributed by atoms with E-state index in [2.05, 4.69) is 103 Å². The minimum atomic E-state index is -0.234. The van der Waals surface area contributed by atoms with Gasteiger partial charge in [0.1, 0.15) is 0 Å². The lowest BCUT2D eigenvalue weighted by molar-refractivity contribution is -0.126. The van der Waals surface area contributed by atoms with E-state index in [1.54, 1.807) is 24.6 Å². The van der Waals surface area contributed by atoms with E-state index in [-0.39, 0.29) is 17.7 Å². The highest BCUT2D eigenvalue weighted by Crippen LogP contribution is 2.35. The Kier molecular flexibility index (Phi) is 14.6. The lowest BCUT2D eigenvalue weighted by Gasteiger charge is -2.27. The van der Waals surface area contributed by atoms with Crippen LogP contribution in [-0.4, -0.2) is 49.3 Å². The normalized spacial score (nSPS) is 12.9. The van der Waals surface area contributed by atoms with Crippen molar-refractivity contribution in [1.29, 1.82) is 0 Å². The predicted octanol–water partition coefficient (Wildman–Crippen LogP) is 10.9. The van der Waals surface area contributed by atoms with Crippen LogP contribution in [-0.2, 0) is 4.79 Å². The molecule has 9 nitrogen and oxygen atoms in total. The summed E-state index contributed by atoms with van der Waals surface area (Å²) in [6.45, 7) is 1.92. The molecule has 1 aliphatic heterocycles. The number of rotatable bonds is 12. The summed E-state index contributed by atoms with van der Waals surface area (Å²) in [6.07, 6.45) is 5.12. The van der Waals surface area contributed by atoms with E-state index in [1.165, 1.54) is 0 Å². The van der Waals surface area contributed by atoms with E-state index in [0.717, 1.165) is 71.2 Å². The van der Waals surface area contributed by atoms with Gasteiger partial charge >= 0.3 is 0 Å². The van der Waals surface area contributed by atoms with Crippen molar-refractivity contribution in [3.05, 3.63) is 217 Å². The average Bonchev–Trinajstić information content (AvgIpc) is 3.32. The van der Waals surface area contributed by atoms with Gasteiger partial charge < -0.3 is 14.7 Å². The van der Waals surface area contributed by atoms with Crippen molar-refractivity contribution in [1.82, 2.24) is 15.8 Å². The van der Waals surface area contributed by atoms with E-state index >= 15 is 0 Å². The zero-order chi connectivity index (χ0) is 42.1. The Balaban J connectivity index is 0.000000184. The van der Waals surface area contributed by atoms with Crippen LogP contribution in [0.2, 0.25) is 0 Å². The first-order valence-electron chi connectivity index (χ1n) is 20.4. The number of anilines is 6. The van der Waals surface area contributed by atoms with Crippen molar-refractivity contribution >= 4 is 58.4 Å². The zero-order valence-electron chi connectivity index (χ0n) is 34.2. The molecular weight excluding hydrogens is 755 g/mol. The Bertz CT molecular complexity index is 2380. The summed E-state index contributed by atoms with van der Waals surface area (Å²) < 4.78 is 0. The number of carbonyl (C=O) groups excluding carboxylic acids is 2. The molecule has 7 aromatic rings. The maximum absolute atomic E-state index is 12.3. The van der Waals surface area contributed by atoms with Crippen LogP contribution < -0.4 is 20.7 Å². The third-order valence-electron chi connectivity index (χ3n) is 10.3. The number of nitrogens with one attached hydrogen (secondary N) is 2. The minimum absolute atomic E-state index is 0.0142. The number of nitrogens with zero attached hydrogens (tertiary/aromatic N) is 5. The second-order valence-electron chi connectivity index (χ2n) is 14.6. The molecule has 0 atom stereocenters. The van der Waals surface area contributed by atoms with Crippen LogP contribution in [0, 0.1) is 5.92 Å². The number of piperidine rings is 1. The van der Waals surface area contributed by atoms with Gasteiger partial charge in [-0.05, 0) is 129 Å². The van der Waals surface area contributed by atoms with Crippen molar-refractivity contribution in [2.24, 2.45) is 16.1 Å². The number of carbonyl (C=O) groups is 2. The first-order valence-corrected chi connectivity index (χ1v) is 20.4. The number of hydrazone groups is 2. The molecule has 0 aromatic heterocycles. The largest absolute Gasteiger partial charge is 0.311 e. The Morgan fingerprint density at radius 2 is 0.803 bits per heavy atom. The fourth-order valence-electron chi connectivity index (χ4n) is 6.97. The molecule has 9 heteroatoms. The highest BCUT2D eigenvalue weighted by Gasteiger charge is 2.23. The molecule has 0 spiro atoms. The zero-order valence-corrected chi connectivity index (χ0v) is 34.2. The first-order chi connectivity index (χ1) is 30.0. The molecule has 2 N–H and O–H groups in total. The first kappa shape index (κ1) is 41.5. The summed E-state index contributed by atoms with van der Waals surface area (Å²) in [6, 6.07) is 66.3. The van der Waals surface area contributed by atoms with E-state index in [9.17, 15) is 9.59 Å². The molecular formula is C52H49N7O2. The smallest absolute Gasteiger partial charge is 0.271 e. The molecule has 0 radical (unpaired) electrons. The van der Waals surface area contributed by atoms with Gasteiger partial charge in [0.25, 0.3) is 5.91 Å². The maximum Gasteiger partial charge on any atom is 0.271 e. The highest BCUT2D eigenvalue weighted by atomic mass is 16.2. The topological polar surface area (TPSA) is 92.6 Å². The van der Waals surface area contributed by atoms with Gasteiger partial charge in [-0.25, -0.2) is 10.9 Å². The maximum atomic E-state index is 12.3. The summed E-state index contributed by atoms with van der Waals surface area (Å²) >= 11 is 0. The Morgan fingerprint density at radius 3 is 1.18 bits per heavy atom. The molecule has 304 valence electrons. The lowest BCUT2D eigenvalue weighted by Crippen LogP contribution is -2.37. The van der Waals surface area contributed by atoms with Gasteiger partial charge in [-0.15, -0.1) is 0 Å². The molecule has 0 aliphatic carbocycles. The van der Waals surface area contributed by atoms with Gasteiger partial charge in [0, 0.05) is 45.6 Å². The van der Waals surface area contributed by atoms with Crippen molar-refractivity contribution in [3.63, 3.8) is 0 Å². The van der Waals surface area contributed by atoms with Crippen LogP contribution in [0.15, 0.2) is 210 Å². The third kappa shape index (κ3) is 11.7. The molecule has 1 heterocycles. The van der Waals surface area contributed by atoms with Gasteiger partial charge in [0.15, 0.2) is 0 Å². The molecule has 61 heavy (non-hydrogen) atoms. The summed E-state index contributed by atoms with van der Waals surface area (Å²) in [5, 5.41) is 8.25. The molecule has 1 aliphatic rings. The number of likely N-dealkylation sites (tertiary alicyclic amines) is 1. The summed E-state index contributed by atoms with van der Waals surface area (Å²) in [7, 11) is 2.09. The van der Waals surface area contributed by atoms with E-state index in [4.69, 9.17) is 0 Å².